The normalized spacial score (nSPS) is 11.9. The van der Waals surface area contributed by atoms with Gasteiger partial charge in [0.25, 0.3) is 5.91 Å². The lowest BCUT2D eigenvalue weighted by molar-refractivity contribution is 0.0669. The van der Waals surface area contributed by atoms with Gasteiger partial charge < -0.3 is 9.64 Å². The van der Waals surface area contributed by atoms with E-state index in [0.717, 1.165) is 28.4 Å². The molecule has 0 bridgehead atoms. The number of amides is 1. The summed E-state index contributed by atoms with van der Waals surface area (Å²) in [6.07, 6.45) is 0.819. The van der Waals surface area contributed by atoms with Crippen LogP contribution in [0.3, 0.4) is 0 Å². The quantitative estimate of drug-likeness (QED) is 0.449. The molecule has 0 radical (unpaired) electrons. The van der Waals surface area contributed by atoms with Gasteiger partial charge in [0.1, 0.15) is 23.2 Å². The molecular weight excluding hydrogens is 399 g/mol. The van der Waals surface area contributed by atoms with Crippen molar-refractivity contribution in [2.75, 3.05) is 0 Å². The Morgan fingerprint density at radius 1 is 1.20 bits per heavy atom. The Morgan fingerprint density at radius 2 is 1.93 bits per heavy atom. The van der Waals surface area contributed by atoms with Crippen LogP contribution < -0.4 is 4.74 Å². The summed E-state index contributed by atoms with van der Waals surface area (Å²) in [5.74, 6) is 0.389. The lowest BCUT2D eigenvalue weighted by Crippen LogP contribution is -2.37. The molecule has 158 valence electrons. The molecule has 0 N–H and O–H groups in total. The second kappa shape index (κ2) is 9.85. The van der Waals surface area contributed by atoms with Crippen LogP contribution in [0, 0.1) is 19.7 Å². The number of benzene rings is 2. The van der Waals surface area contributed by atoms with E-state index < -0.39 is 0 Å². The van der Waals surface area contributed by atoms with Crippen LogP contribution in [0.2, 0.25) is 0 Å². The second-order valence-electron chi connectivity index (χ2n) is 7.42. The average Bonchev–Trinajstić information content (AvgIpc) is 3.20. The molecule has 0 unspecified atom stereocenters. The van der Waals surface area contributed by atoms with Gasteiger partial charge in [-0.2, -0.15) is 0 Å². The minimum Gasteiger partial charge on any atom is -0.486 e. The summed E-state index contributed by atoms with van der Waals surface area (Å²) in [6, 6.07) is 11.7. The molecule has 1 aromatic heterocycles. The summed E-state index contributed by atoms with van der Waals surface area (Å²) < 4.78 is 19.2. The van der Waals surface area contributed by atoms with Gasteiger partial charge in [0.2, 0.25) is 0 Å². The van der Waals surface area contributed by atoms with Crippen molar-refractivity contribution in [2.24, 2.45) is 0 Å². The third-order valence-electron chi connectivity index (χ3n) is 5.31. The number of hydrogen-bond acceptors (Lipinski definition) is 4. The van der Waals surface area contributed by atoms with Gasteiger partial charge in [-0.15, -0.1) is 11.3 Å². The van der Waals surface area contributed by atoms with Crippen LogP contribution in [0.25, 0.3) is 0 Å². The van der Waals surface area contributed by atoms with Gasteiger partial charge in [0.05, 0.1) is 12.2 Å². The second-order valence-corrected chi connectivity index (χ2v) is 8.36. The van der Waals surface area contributed by atoms with Crippen molar-refractivity contribution in [1.82, 2.24) is 9.88 Å². The highest BCUT2D eigenvalue weighted by atomic mass is 32.1. The third-order valence-corrected chi connectivity index (χ3v) is 6.18. The zero-order valence-corrected chi connectivity index (χ0v) is 18.6. The van der Waals surface area contributed by atoms with Crippen LogP contribution in [0.1, 0.15) is 52.5 Å². The van der Waals surface area contributed by atoms with Gasteiger partial charge in [-0.25, -0.2) is 9.37 Å². The molecule has 2 aromatic carbocycles. The Kier molecular flexibility index (Phi) is 7.21. The van der Waals surface area contributed by atoms with E-state index in [1.165, 1.54) is 41.2 Å². The van der Waals surface area contributed by atoms with Gasteiger partial charge in [-0.05, 0) is 68.7 Å². The average molecular weight is 427 g/mol. The molecule has 0 saturated heterocycles. The molecule has 3 rings (SSSR count). The fourth-order valence-corrected chi connectivity index (χ4v) is 3.79. The zero-order valence-electron chi connectivity index (χ0n) is 17.8. The number of aryl methyl sites for hydroxylation is 1. The maximum absolute atomic E-state index is 13.2. The minimum absolute atomic E-state index is 0.0406. The van der Waals surface area contributed by atoms with E-state index in [0.29, 0.717) is 18.7 Å². The lowest BCUT2D eigenvalue weighted by atomic mass is 10.1. The van der Waals surface area contributed by atoms with Gasteiger partial charge in [0.15, 0.2) is 0 Å². The number of carbonyl (C=O) groups excluding carboxylic acids is 1. The van der Waals surface area contributed by atoms with E-state index in [1.54, 1.807) is 4.90 Å². The fraction of sp³-hybridized carbons (Fsp3) is 0.333. The summed E-state index contributed by atoms with van der Waals surface area (Å²) >= 11 is 1.53. The van der Waals surface area contributed by atoms with Crippen LogP contribution in [0.4, 0.5) is 4.39 Å². The smallest absolute Gasteiger partial charge is 0.254 e. The van der Waals surface area contributed by atoms with Crippen LogP contribution >= 0.6 is 11.3 Å². The van der Waals surface area contributed by atoms with Crippen molar-refractivity contribution in [3.63, 3.8) is 0 Å². The highest BCUT2D eigenvalue weighted by molar-refractivity contribution is 7.09. The Morgan fingerprint density at radius 3 is 2.63 bits per heavy atom. The van der Waals surface area contributed by atoms with E-state index in [-0.39, 0.29) is 17.8 Å². The molecule has 3 aromatic rings. The van der Waals surface area contributed by atoms with Crippen LogP contribution in [-0.2, 0) is 13.2 Å². The Labute approximate surface area is 181 Å². The first kappa shape index (κ1) is 22.0. The van der Waals surface area contributed by atoms with Crippen LogP contribution in [0.15, 0.2) is 47.8 Å². The molecule has 1 heterocycles. The predicted molar refractivity (Wildman–Crippen MR) is 118 cm³/mol. The molecule has 0 fully saturated rings. The van der Waals surface area contributed by atoms with E-state index >= 15 is 0 Å². The summed E-state index contributed by atoms with van der Waals surface area (Å²) in [7, 11) is 0. The van der Waals surface area contributed by atoms with Gasteiger partial charge >= 0.3 is 0 Å². The number of thiazole rings is 1. The first-order chi connectivity index (χ1) is 14.4. The van der Waals surface area contributed by atoms with Crippen LogP contribution in [-0.4, -0.2) is 21.8 Å². The largest absolute Gasteiger partial charge is 0.486 e. The van der Waals surface area contributed by atoms with E-state index in [4.69, 9.17) is 4.74 Å². The summed E-state index contributed by atoms with van der Waals surface area (Å²) in [4.78, 5) is 19.5. The number of carbonyl (C=O) groups is 1. The van der Waals surface area contributed by atoms with Crippen molar-refractivity contribution in [3.8, 4) is 5.75 Å². The molecular formula is C24H27FN2O2S. The highest BCUT2D eigenvalue weighted by Gasteiger charge is 2.22. The molecule has 1 amide bonds. The topological polar surface area (TPSA) is 42.4 Å². The highest BCUT2D eigenvalue weighted by Crippen LogP contribution is 2.23. The first-order valence-corrected chi connectivity index (χ1v) is 11.0. The fourth-order valence-electron chi connectivity index (χ4n) is 3.09. The van der Waals surface area contributed by atoms with E-state index in [1.807, 2.05) is 38.3 Å². The minimum atomic E-state index is -0.352. The first-order valence-electron chi connectivity index (χ1n) is 10.1. The number of aromatic nitrogens is 1. The third kappa shape index (κ3) is 5.25. The van der Waals surface area contributed by atoms with Crippen molar-refractivity contribution in [2.45, 2.75) is 53.3 Å². The van der Waals surface area contributed by atoms with Crippen molar-refractivity contribution in [3.05, 3.63) is 81.1 Å². The molecule has 0 saturated carbocycles. The van der Waals surface area contributed by atoms with Crippen molar-refractivity contribution < 1.29 is 13.9 Å². The number of nitrogens with zero attached hydrogens (tertiary/aromatic N) is 2. The van der Waals surface area contributed by atoms with Crippen molar-refractivity contribution in [1.29, 1.82) is 0 Å². The number of rotatable bonds is 8. The molecule has 0 aliphatic rings. The maximum Gasteiger partial charge on any atom is 0.254 e. The Bertz CT molecular complexity index is 1000. The monoisotopic (exact) mass is 426 g/mol. The Hall–Kier alpha value is -2.73. The summed E-state index contributed by atoms with van der Waals surface area (Å²) in [5.41, 5.74) is 3.62. The number of halogens is 1. The SMILES string of the molecule is CC[C@@H](C)N(Cc1csc(COc2cccc(C)c2C)n1)C(=O)c1ccc(F)cc1. The molecule has 6 heteroatoms. The predicted octanol–water partition coefficient (Wildman–Crippen LogP) is 5.92. The Balaban J connectivity index is 1.70. The molecule has 4 nitrogen and oxygen atoms in total. The van der Waals surface area contributed by atoms with E-state index in [2.05, 4.69) is 18.0 Å². The number of hydrogen-bond donors (Lipinski definition) is 0. The lowest BCUT2D eigenvalue weighted by Gasteiger charge is -2.28. The van der Waals surface area contributed by atoms with Gasteiger partial charge in [-0.1, -0.05) is 19.1 Å². The molecule has 0 aliphatic carbocycles. The van der Waals surface area contributed by atoms with Crippen molar-refractivity contribution >= 4 is 17.2 Å². The standard InChI is InChI=1S/C24H27FN2O2S/c1-5-17(3)27(24(28)19-9-11-20(25)12-10-19)13-21-15-30-23(26-21)14-29-22-8-6-7-16(2)18(22)4/h6-12,15,17H,5,13-14H2,1-4H3/t17-/m1/s1. The zero-order chi connectivity index (χ0) is 21.7. The molecule has 0 spiro atoms. The summed E-state index contributed by atoms with van der Waals surface area (Å²) in [5, 5.41) is 2.83. The maximum atomic E-state index is 13.2. The molecule has 30 heavy (non-hydrogen) atoms. The number of ether oxygens (including phenoxy) is 1. The van der Waals surface area contributed by atoms with Crippen LogP contribution in [0.5, 0.6) is 5.75 Å². The molecule has 0 aliphatic heterocycles. The summed E-state index contributed by atoms with van der Waals surface area (Å²) in [6.45, 7) is 8.96. The van der Waals surface area contributed by atoms with E-state index in [9.17, 15) is 9.18 Å². The molecule has 1 atom stereocenters. The van der Waals surface area contributed by atoms with Gasteiger partial charge in [-0.3, -0.25) is 4.79 Å². The van der Waals surface area contributed by atoms with Gasteiger partial charge in [0, 0.05) is 17.0 Å².